The molecular formula is C17H13NO4. The third-order valence-corrected chi connectivity index (χ3v) is 3.96. The molecule has 3 N–H and O–H groups in total. The fraction of sp³-hybridized carbons (Fsp3) is 0.118. The maximum Gasteiger partial charge on any atom is 0.328 e. The molecule has 5 heteroatoms. The summed E-state index contributed by atoms with van der Waals surface area (Å²) in [6.45, 7) is 1.31. The molecule has 1 atom stereocenters. The largest absolute Gasteiger partial charge is 0.480 e. The van der Waals surface area contributed by atoms with Crippen LogP contribution < -0.4 is 5.73 Å². The lowest BCUT2D eigenvalue weighted by Crippen LogP contribution is -2.43. The molecule has 2 aromatic rings. The van der Waals surface area contributed by atoms with E-state index in [1.165, 1.54) is 19.1 Å². The molecule has 0 saturated heterocycles. The lowest BCUT2D eigenvalue weighted by Gasteiger charge is -2.26. The van der Waals surface area contributed by atoms with Crippen LogP contribution in [0.2, 0.25) is 0 Å². The third-order valence-electron chi connectivity index (χ3n) is 3.96. The van der Waals surface area contributed by atoms with E-state index in [4.69, 9.17) is 5.73 Å². The van der Waals surface area contributed by atoms with Gasteiger partial charge in [-0.05, 0) is 12.5 Å². The molecule has 0 bridgehead atoms. The summed E-state index contributed by atoms with van der Waals surface area (Å²) in [5.74, 6) is -1.94. The number of carbonyl (C=O) groups is 3. The molecule has 0 heterocycles. The number of carboxylic acid groups (broad SMARTS) is 1. The Kier molecular flexibility index (Phi) is 2.97. The van der Waals surface area contributed by atoms with Crippen molar-refractivity contribution in [3.8, 4) is 0 Å². The van der Waals surface area contributed by atoms with Crippen molar-refractivity contribution in [2.45, 2.75) is 12.5 Å². The number of hydrogen-bond donors (Lipinski definition) is 2. The van der Waals surface area contributed by atoms with Crippen LogP contribution in [0.3, 0.4) is 0 Å². The van der Waals surface area contributed by atoms with Crippen LogP contribution in [0.5, 0.6) is 0 Å². The zero-order chi connectivity index (χ0) is 16.1. The Balaban J connectivity index is 2.33. The molecule has 0 spiro atoms. The van der Waals surface area contributed by atoms with E-state index < -0.39 is 11.5 Å². The lowest BCUT2D eigenvalue weighted by atomic mass is 9.77. The van der Waals surface area contributed by atoms with E-state index in [1.807, 2.05) is 0 Å². The third kappa shape index (κ3) is 1.79. The summed E-state index contributed by atoms with van der Waals surface area (Å²) in [6, 6.07) is 11.0. The maximum atomic E-state index is 12.7. The monoisotopic (exact) mass is 295 g/mol. The average Bonchev–Trinajstić information content (AvgIpc) is 2.51. The minimum atomic E-state index is -1.76. The molecule has 0 saturated carbocycles. The number of hydrogen-bond acceptors (Lipinski definition) is 4. The molecule has 110 valence electrons. The van der Waals surface area contributed by atoms with E-state index >= 15 is 0 Å². The van der Waals surface area contributed by atoms with Gasteiger partial charge in [-0.25, -0.2) is 4.79 Å². The fourth-order valence-electron chi connectivity index (χ4n) is 2.69. The van der Waals surface area contributed by atoms with Gasteiger partial charge in [0.25, 0.3) is 0 Å². The average molecular weight is 295 g/mol. The van der Waals surface area contributed by atoms with Crippen LogP contribution in [0, 0.1) is 0 Å². The Morgan fingerprint density at radius 2 is 1.50 bits per heavy atom. The Bertz CT molecular complexity index is 836. The molecule has 1 aliphatic carbocycles. The van der Waals surface area contributed by atoms with Gasteiger partial charge in [-0.15, -0.1) is 0 Å². The van der Waals surface area contributed by atoms with Crippen molar-refractivity contribution in [1.29, 1.82) is 0 Å². The van der Waals surface area contributed by atoms with Crippen LogP contribution in [-0.2, 0) is 10.3 Å². The molecular weight excluding hydrogens is 282 g/mol. The quantitative estimate of drug-likeness (QED) is 0.750. The Morgan fingerprint density at radius 3 is 2.09 bits per heavy atom. The first-order chi connectivity index (χ1) is 10.4. The van der Waals surface area contributed by atoms with Gasteiger partial charge in [0.2, 0.25) is 0 Å². The molecule has 0 radical (unpaired) electrons. The van der Waals surface area contributed by atoms with E-state index in [1.54, 1.807) is 30.3 Å². The maximum absolute atomic E-state index is 12.7. The zero-order valence-corrected chi connectivity index (χ0v) is 11.8. The van der Waals surface area contributed by atoms with Crippen molar-refractivity contribution in [2.24, 2.45) is 5.73 Å². The number of benzene rings is 2. The van der Waals surface area contributed by atoms with Crippen molar-refractivity contribution in [3.05, 3.63) is 70.3 Å². The molecule has 0 amide bonds. The molecule has 3 rings (SSSR count). The molecule has 1 aliphatic rings. The first kappa shape index (κ1) is 14.2. The molecule has 0 aromatic heterocycles. The second-order valence-corrected chi connectivity index (χ2v) is 5.44. The molecule has 5 nitrogen and oxygen atoms in total. The van der Waals surface area contributed by atoms with Crippen molar-refractivity contribution >= 4 is 17.5 Å². The van der Waals surface area contributed by atoms with Gasteiger partial charge in [0, 0.05) is 22.3 Å². The van der Waals surface area contributed by atoms with Crippen LogP contribution in [0.25, 0.3) is 0 Å². The van der Waals surface area contributed by atoms with Crippen LogP contribution in [0.15, 0.2) is 42.5 Å². The van der Waals surface area contributed by atoms with Gasteiger partial charge in [0.15, 0.2) is 11.6 Å². The topological polar surface area (TPSA) is 97.5 Å². The molecule has 1 unspecified atom stereocenters. The number of carboxylic acids is 1. The summed E-state index contributed by atoms with van der Waals surface area (Å²) in [5, 5.41) is 9.32. The Hall–Kier alpha value is -2.79. The first-order valence-electron chi connectivity index (χ1n) is 6.70. The highest BCUT2D eigenvalue weighted by Gasteiger charge is 2.39. The zero-order valence-electron chi connectivity index (χ0n) is 11.8. The van der Waals surface area contributed by atoms with E-state index in [0.717, 1.165) is 0 Å². The summed E-state index contributed by atoms with van der Waals surface area (Å²) < 4.78 is 0. The van der Waals surface area contributed by atoms with Crippen LogP contribution in [-0.4, -0.2) is 22.6 Å². The van der Waals surface area contributed by atoms with E-state index in [0.29, 0.717) is 5.56 Å². The number of rotatable bonds is 2. The predicted octanol–water partition coefficient (Wildman–Crippen LogP) is 1.72. The molecule has 22 heavy (non-hydrogen) atoms. The van der Waals surface area contributed by atoms with Gasteiger partial charge in [0.1, 0.15) is 5.54 Å². The second-order valence-electron chi connectivity index (χ2n) is 5.44. The molecule has 0 aliphatic heterocycles. The standard InChI is InChI=1S/C17H13NO4/c1-17(18,16(21)22)12-8-4-7-11-13(12)15(20)10-6-3-2-5-9(10)14(11)19/h2-8H,18H2,1H3,(H,21,22). The van der Waals surface area contributed by atoms with Crippen molar-refractivity contribution in [3.63, 3.8) is 0 Å². The first-order valence-corrected chi connectivity index (χ1v) is 6.70. The number of carbonyl (C=O) groups excluding carboxylic acids is 2. The van der Waals surface area contributed by atoms with Gasteiger partial charge in [-0.2, -0.15) is 0 Å². The van der Waals surface area contributed by atoms with E-state index in [2.05, 4.69) is 0 Å². The SMILES string of the molecule is CC(N)(C(=O)O)c1cccc2c1C(=O)c1ccccc1C2=O. The number of fused-ring (bicyclic) bond motifs is 2. The van der Waals surface area contributed by atoms with Crippen molar-refractivity contribution in [1.82, 2.24) is 0 Å². The van der Waals surface area contributed by atoms with Crippen molar-refractivity contribution < 1.29 is 19.5 Å². The number of aliphatic carboxylic acids is 1. The minimum absolute atomic E-state index is 0.0820. The summed E-state index contributed by atoms with van der Waals surface area (Å²) >= 11 is 0. The van der Waals surface area contributed by atoms with Gasteiger partial charge >= 0.3 is 5.97 Å². The minimum Gasteiger partial charge on any atom is -0.480 e. The molecule has 0 fully saturated rings. The predicted molar refractivity (Wildman–Crippen MR) is 78.9 cm³/mol. The lowest BCUT2D eigenvalue weighted by molar-refractivity contribution is -0.143. The fourth-order valence-corrected chi connectivity index (χ4v) is 2.69. The van der Waals surface area contributed by atoms with Crippen LogP contribution in [0.4, 0.5) is 0 Å². The van der Waals surface area contributed by atoms with Crippen molar-refractivity contribution in [2.75, 3.05) is 0 Å². The normalized spacial score (nSPS) is 15.7. The van der Waals surface area contributed by atoms with Crippen LogP contribution >= 0.6 is 0 Å². The van der Waals surface area contributed by atoms with Gasteiger partial charge in [-0.1, -0.05) is 42.5 Å². The summed E-state index contributed by atoms with van der Waals surface area (Å²) in [6.07, 6.45) is 0. The number of nitrogens with two attached hydrogens (primary N) is 1. The highest BCUT2D eigenvalue weighted by atomic mass is 16.4. The summed E-state index contributed by atoms with van der Waals surface area (Å²) in [5.41, 5.74) is 5.13. The number of ketones is 2. The van der Waals surface area contributed by atoms with Crippen LogP contribution in [0.1, 0.15) is 44.3 Å². The summed E-state index contributed by atoms with van der Waals surface area (Å²) in [4.78, 5) is 36.7. The van der Waals surface area contributed by atoms with Gasteiger partial charge in [-0.3, -0.25) is 9.59 Å². The Morgan fingerprint density at radius 1 is 0.955 bits per heavy atom. The van der Waals surface area contributed by atoms with E-state index in [9.17, 15) is 19.5 Å². The second kappa shape index (κ2) is 4.61. The smallest absolute Gasteiger partial charge is 0.328 e. The molecule has 2 aromatic carbocycles. The Labute approximate surface area is 126 Å². The van der Waals surface area contributed by atoms with Gasteiger partial charge in [0.05, 0.1) is 0 Å². The van der Waals surface area contributed by atoms with E-state index in [-0.39, 0.29) is 33.8 Å². The highest BCUT2D eigenvalue weighted by molar-refractivity contribution is 6.29. The summed E-state index contributed by atoms with van der Waals surface area (Å²) in [7, 11) is 0. The van der Waals surface area contributed by atoms with Gasteiger partial charge < -0.3 is 10.8 Å². The highest BCUT2D eigenvalue weighted by Crippen LogP contribution is 2.33.